The van der Waals surface area contributed by atoms with Gasteiger partial charge in [-0.05, 0) is 49.7 Å². The second kappa shape index (κ2) is 8.87. The van der Waals surface area contributed by atoms with Crippen molar-refractivity contribution in [2.45, 2.75) is 20.0 Å². The van der Waals surface area contributed by atoms with Gasteiger partial charge in [-0.1, -0.05) is 0 Å². The fourth-order valence-electron chi connectivity index (χ4n) is 2.42. The largest absolute Gasteiger partial charge is 0.459 e. The highest BCUT2D eigenvalue weighted by Gasteiger charge is 2.23. The average Bonchev–Trinajstić information content (AvgIpc) is 3.33. The van der Waals surface area contributed by atoms with Gasteiger partial charge < -0.3 is 19.8 Å². The van der Waals surface area contributed by atoms with Gasteiger partial charge in [0.15, 0.2) is 11.9 Å². The molecule has 2 amide bonds. The van der Waals surface area contributed by atoms with Crippen LogP contribution in [0.3, 0.4) is 0 Å². The molecule has 0 radical (unpaired) electrons. The third kappa shape index (κ3) is 4.90. The van der Waals surface area contributed by atoms with E-state index >= 15 is 0 Å². The van der Waals surface area contributed by atoms with Crippen LogP contribution in [0.25, 0.3) is 0 Å². The second-order valence-corrected chi connectivity index (χ2v) is 7.27. The number of rotatable bonds is 6. The van der Waals surface area contributed by atoms with Crippen molar-refractivity contribution in [1.29, 1.82) is 0 Å². The summed E-state index contributed by atoms with van der Waals surface area (Å²) in [7, 11) is 0. The van der Waals surface area contributed by atoms with Crippen molar-refractivity contribution in [3.8, 4) is 0 Å². The van der Waals surface area contributed by atoms with Crippen LogP contribution >= 0.6 is 11.3 Å². The number of aryl methyl sites for hydroxylation is 1. The molecule has 0 saturated carbocycles. The average molecular weight is 434 g/mol. The third-order valence-electron chi connectivity index (χ3n) is 3.93. The number of carbonyl (C=O) groups excluding carboxylic acids is 3. The van der Waals surface area contributed by atoms with Crippen LogP contribution in [0.5, 0.6) is 0 Å². The van der Waals surface area contributed by atoms with E-state index in [1.54, 1.807) is 19.1 Å². The molecule has 3 aromatic rings. The zero-order valence-corrected chi connectivity index (χ0v) is 16.6. The highest BCUT2D eigenvalue weighted by Crippen LogP contribution is 2.28. The van der Waals surface area contributed by atoms with Gasteiger partial charge in [-0.3, -0.25) is 9.59 Å². The fourth-order valence-corrected chi connectivity index (χ4v) is 3.37. The van der Waals surface area contributed by atoms with Gasteiger partial charge in [0.05, 0.1) is 17.0 Å². The van der Waals surface area contributed by atoms with Gasteiger partial charge in [0.2, 0.25) is 0 Å². The van der Waals surface area contributed by atoms with Gasteiger partial charge in [0.25, 0.3) is 11.8 Å². The molecule has 2 heterocycles. The van der Waals surface area contributed by atoms with Crippen LogP contribution < -0.4 is 10.6 Å². The topological polar surface area (TPSA) is 97.6 Å². The number of ether oxygens (including phenoxy) is 1. The maximum absolute atomic E-state index is 13.7. The molecule has 0 saturated heterocycles. The molecule has 0 fully saturated rings. The summed E-state index contributed by atoms with van der Waals surface area (Å²) >= 11 is 0.973. The number of amides is 2. The number of thiophene rings is 1. The minimum atomic E-state index is -1.25. The van der Waals surface area contributed by atoms with Crippen molar-refractivity contribution in [2.24, 2.45) is 0 Å². The molecule has 0 bridgehead atoms. The Balaban J connectivity index is 1.62. The molecule has 2 N–H and O–H groups in total. The van der Waals surface area contributed by atoms with Crippen LogP contribution in [0.15, 0.2) is 47.1 Å². The normalized spacial score (nSPS) is 11.6. The molecular formula is C20H16F2N2O5S. The maximum Gasteiger partial charge on any atom is 0.349 e. The first-order valence-electron chi connectivity index (χ1n) is 8.66. The Labute approximate surface area is 173 Å². The Morgan fingerprint density at radius 1 is 1.13 bits per heavy atom. The molecule has 3 rings (SSSR count). The molecule has 0 spiro atoms. The van der Waals surface area contributed by atoms with E-state index in [9.17, 15) is 23.2 Å². The summed E-state index contributed by atoms with van der Waals surface area (Å²) in [6, 6.07) is 7.33. The molecule has 2 aromatic heterocycles. The van der Waals surface area contributed by atoms with Crippen molar-refractivity contribution < 1.29 is 32.3 Å². The number of carbonyl (C=O) groups is 3. The Morgan fingerprint density at radius 3 is 2.57 bits per heavy atom. The SMILES string of the molecule is Cc1cc(NC(=O)c2ccco2)sc1C(=O)OC(C)C(=O)Nc1ccc(F)cc1F. The van der Waals surface area contributed by atoms with E-state index in [0.717, 1.165) is 23.5 Å². The Kier molecular flexibility index (Phi) is 6.26. The highest BCUT2D eigenvalue weighted by atomic mass is 32.1. The van der Waals surface area contributed by atoms with Crippen molar-refractivity contribution in [1.82, 2.24) is 0 Å². The highest BCUT2D eigenvalue weighted by molar-refractivity contribution is 7.18. The lowest BCUT2D eigenvalue weighted by Gasteiger charge is -2.13. The Hall–Kier alpha value is -3.53. The van der Waals surface area contributed by atoms with Crippen LogP contribution in [0.1, 0.15) is 32.7 Å². The smallest absolute Gasteiger partial charge is 0.349 e. The summed E-state index contributed by atoms with van der Waals surface area (Å²) in [4.78, 5) is 36.8. The Morgan fingerprint density at radius 2 is 1.90 bits per heavy atom. The maximum atomic E-state index is 13.7. The molecule has 1 aromatic carbocycles. The number of anilines is 2. The first kappa shape index (κ1) is 21.2. The van der Waals surface area contributed by atoms with Crippen LogP contribution in [-0.2, 0) is 9.53 Å². The van der Waals surface area contributed by atoms with Crippen molar-refractivity contribution >= 4 is 39.8 Å². The molecule has 10 heteroatoms. The minimum Gasteiger partial charge on any atom is -0.459 e. The van der Waals surface area contributed by atoms with E-state index in [4.69, 9.17) is 9.15 Å². The zero-order chi connectivity index (χ0) is 21.8. The molecule has 30 heavy (non-hydrogen) atoms. The number of nitrogens with one attached hydrogen (secondary N) is 2. The quantitative estimate of drug-likeness (QED) is 0.562. The lowest BCUT2D eigenvalue weighted by Crippen LogP contribution is -2.30. The van der Waals surface area contributed by atoms with E-state index in [-0.39, 0.29) is 16.3 Å². The number of halogens is 2. The minimum absolute atomic E-state index is 0.114. The fraction of sp³-hybridized carbons (Fsp3) is 0.150. The first-order chi connectivity index (χ1) is 14.2. The van der Waals surface area contributed by atoms with E-state index in [0.29, 0.717) is 16.6 Å². The number of benzene rings is 1. The van der Waals surface area contributed by atoms with E-state index in [2.05, 4.69) is 10.6 Å². The molecule has 1 atom stereocenters. The van der Waals surface area contributed by atoms with Gasteiger partial charge in [-0.25, -0.2) is 13.6 Å². The summed E-state index contributed by atoms with van der Waals surface area (Å²) in [5.74, 6) is -3.66. The zero-order valence-electron chi connectivity index (χ0n) is 15.8. The van der Waals surface area contributed by atoms with E-state index < -0.39 is 35.5 Å². The summed E-state index contributed by atoms with van der Waals surface area (Å²) in [6.07, 6.45) is 0.117. The predicted octanol–water partition coefficient (Wildman–Crippen LogP) is 4.36. The van der Waals surface area contributed by atoms with Gasteiger partial charge in [0, 0.05) is 6.07 Å². The summed E-state index contributed by atoms with van der Waals surface area (Å²) in [5, 5.41) is 5.23. The summed E-state index contributed by atoms with van der Waals surface area (Å²) in [5.41, 5.74) is 0.302. The van der Waals surface area contributed by atoms with Crippen LogP contribution in [0, 0.1) is 18.6 Å². The lowest BCUT2D eigenvalue weighted by molar-refractivity contribution is -0.123. The number of furan rings is 1. The van der Waals surface area contributed by atoms with Crippen LogP contribution in [0.2, 0.25) is 0 Å². The molecular weight excluding hydrogens is 418 g/mol. The van der Waals surface area contributed by atoms with Crippen molar-refractivity contribution in [2.75, 3.05) is 10.6 Å². The summed E-state index contributed by atoms with van der Waals surface area (Å²) in [6.45, 7) is 2.96. The number of hydrogen-bond donors (Lipinski definition) is 2. The van der Waals surface area contributed by atoms with Gasteiger partial charge in [-0.2, -0.15) is 0 Å². The Bertz CT molecular complexity index is 1090. The van der Waals surface area contributed by atoms with Crippen molar-refractivity contribution in [3.63, 3.8) is 0 Å². The molecule has 156 valence electrons. The second-order valence-electron chi connectivity index (χ2n) is 6.22. The predicted molar refractivity (Wildman–Crippen MR) is 106 cm³/mol. The molecule has 7 nitrogen and oxygen atoms in total. The number of esters is 1. The monoisotopic (exact) mass is 434 g/mol. The first-order valence-corrected chi connectivity index (χ1v) is 9.48. The summed E-state index contributed by atoms with van der Waals surface area (Å²) < 4.78 is 36.8. The lowest BCUT2D eigenvalue weighted by atomic mass is 10.2. The van der Waals surface area contributed by atoms with Gasteiger partial charge in [-0.15, -0.1) is 11.3 Å². The van der Waals surface area contributed by atoms with Crippen LogP contribution in [0.4, 0.5) is 19.5 Å². The van der Waals surface area contributed by atoms with Gasteiger partial charge in [0.1, 0.15) is 16.5 Å². The van der Waals surface area contributed by atoms with Gasteiger partial charge >= 0.3 is 5.97 Å². The molecule has 0 aliphatic carbocycles. The van der Waals surface area contributed by atoms with Crippen molar-refractivity contribution in [3.05, 3.63) is 70.5 Å². The number of hydrogen-bond acceptors (Lipinski definition) is 6. The third-order valence-corrected chi connectivity index (χ3v) is 5.06. The van der Waals surface area contributed by atoms with E-state index in [1.807, 2.05) is 0 Å². The van der Waals surface area contributed by atoms with E-state index in [1.165, 1.54) is 19.3 Å². The van der Waals surface area contributed by atoms with Crippen LogP contribution in [-0.4, -0.2) is 23.9 Å². The molecule has 1 unspecified atom stereocenters. The standard InChI is InChI=1S/C20H16F2N2O5S/c1-10-8-16(24-19(26)15-4-3-7-28-15)30-17(10)20(27)29-11(2)18(25)23-14-6-5-12(21)9-13(14)22/h3-9,11H,1-2H3,(H,23,25)(H,24,26). The molecule has 0 aliphatic rings. The molecule has 0 aliphatic heterocycles.